The van der Waals surface area contributed by atoms with Gasteiger partial charge in [0.2, 0.25) is 5.91 Å². The fourth-order valence-corrected chi connectivity index (χ4v) is 1.99. The number of hydrogen-bond donors (Lipinski definition) is 1. The summed E-state index contributed by atoms with van der Waals surface area (Å²) in [6.07, 6.45) is 3.14. The van der Waals surface area contributed by atoms with E-state index in [0.717, 1.165) is 38.9 Å². The Hall–Kier alpha value is -0.570. The van der Waals surface area contributed by atoms with Gasteiger partial charge in [0.25, 0.3) is 0 Å². The molecule has 1 heterocycles. The smallest absolute Gasteiger partial charge is 0.225 e. The van der Waals surface area contributed by atoms with Crippen LogP contribution in [-0.2, 0) is 4.79 Å². The molecule has 3 heteroatoms. The first-order valence-electron chi connectivity index (χ1n) is 5.67. The largest absolute Gasteiger partial charge is 0.342 e. The second-order valence-electron chi connectivity index (χ2n) is 4.33. The van der Waals surface area contributed by atoms with E-state index in [0.29, 0.717) is 11.8 Å². The number of amides is 1. The molecule has 0 aliphatic carbocycles. The molecule has 1 rings (SSSR count). The highest BCUT2D eigenvalue weighted by Gasteiger charge is 2.27. The molecule has 1 aliphatic rings. The fourth-order valence-electron chi connectivity index (χ4n) is 1.99. The van der Waals surface area contributed by atoms with E-state index < -0.39 is 0 Å². The van der Waals surface area contributed by atoms with E-state index in [9.17, 15) is 4.79 Å². The third-order valence-corrected chi connectivity index (χ3v) is 3.21. The van der Waals surface area contributed by atoms with Gasteiger partial charge >= 0.3 is 0 Å². The zero-order valence-electron chi connectivity index (χ0n) is 9.33. The SMILES string of the molecule is CCC(C)C(=O)N1CCC(CCN)C1. The van der Waals surface area contributed by atoms with E-state index in [2.05, 4.69) is 6.92 Å². The molecule has 1 saturated heterocycles. The van der Waals surface area contributed by atoms with Crippen LogP contribution >= 0.6 is 0 Å². The highest BCUT2D eigenvalue weighted by Crippen LogP contribution is 2.21. The Bertz CT molecular complexity index is 194. The van der Waals surface area contributed by atoms with Crippen LogP contribution in [0.25, 0.3) is 0 Å². The Morgan fingerprint density at radius 1 is 1.64 bits per heavy atom. The van der Waals surface area contributed by atoms with Gasteiger partial charge in [0, 0.05) is 19.0 Å². The standard InChI is InChI=1S/C11H22N2O/c1-3-9(2)11(14)13-7-5-10(8-13)4-6-12/h9-10H,3-8,12H2,1-2H3. The summed E-state index contributed by atoms with van der Waals surface area (Å²) >= 11 is 0. The lowest BCUT2D eigenvalue weighted by Gasteiger charge is -2.20. The summed E-state index contributed by atoms with van der Waals surface area (Å²) in [5.74, 6) is 1.16. The maximum absolute atomic E-state index is 11.8. The van der Waals surface area contributed by atoms with Crippen LogP contribution in [0.5, 0.6) is 0 Å². The van der Waals surface area contributed by atoms with Crippen molar-refractivity contribution in [2.45, 2.75) is 33.1 Å². The highest BCUT2D eigenvalue weighted by atomic mass is 16.2. The molecule has 2 atom stereocenters. The Labute approximate surface area is 86.6 Å². The van der Waals surface area contributed by atoms with Crippen molar-refractivity contribution < 1.29 is 4.79 Å². The Morgan fingerprint density at radius 3 is 2.93 bits per heavy atom. The lowest BCUT2D eigenvalue weighted by atomic mass is 10.1. The van der Waals surface area contributed by atoms with Crippen molar-refractivity contribution in [3.63, 3.8) is 0 Å². The number of carbonyl (C=O) groups is 1. The van der Waals surface area contributed by atoms with Gasteiger partial charge in [-0.1, -0.05) is 13.8 Å². The molecule has 1 amide bonds. The molecule has 0 aromatic carbocycles. The number of nitrogens with two attached hydrogens (primary N) is 1. The molecule has 1 aliphatic heterocycles. The van der Waals surface area contributed by atoms with E-state index in [1.807, 2.05) is 11.8 Å². The maximum atomic E-state index is 11.8. The topological polar surface area (TPSA) is 46.3 Å². The van der Waals surface area contributed by atoms with Crippen molar-refractivity contribution in [3.05, 3.63) is 0 Å². The molecule has 0 bridgehead atoms. The van der Waals surface area contributed by atoms with Gasteiger partial charge in [-0.05, 0) is 31.7 Å². The summed E-state index contributed by atoms with van der Waals surface area (Å²) in [6, 6.07) is 0. The predicted molar refractivity (Wildman–Crippen MR) is 57.8 cm³/mol. The molecular formula is C11H22N2O. The molecular weight excluding hydrogens is 176 g/mol. The van der Waals surface area contributed by atoms with Gasteiger partial charge < -0.3 is 10.6 Å². The first kappa shape index (κ1) is 11.5. The molecule has 0 saturated carbocycles. The van der Waals surface area contributed by atoms with Crippen LogP contribution in [0, 0.1) is 11.8 Å². The van der Waals surface area contributed by atoms with Gasteiger partial charge in [0.15, 0.2) is 0 Å². The summed E-state index contributed by atoms with van der Waals surface area (Å²) in [5, 5.41) is 0. The quantitative estimate of drug-likeness (QED) is 0.738. The molecule has 0 spiro atoms. The van der Waals surface area contributed by atoms with E-state index in [4.69, 9.17) is 5.73 Å². The van der Waals surface area contributed by atoms with E-state index in [1.54, 1.807) is 0 Å². The van der Waals surface area contributed by atoms with Crippen molar-refractivity contribution in [2.24, 2.45) is 17.6 Å². The van der Waals surface area contributed by atoms with Crippen LogP contribution < -0.4 is 5.73 Å². The summed E-state index contributed by atoms with van der Waals surface area (Å²) in [7, 11) is 0. The van der Waals surface area contributed by atoms with Crippen LogP contribution in [0.3, 0.4) is 0 Å². The number of carbonyl (C=O) groups excluding carboxylic acids is 1. The minimum atomic E-state index is 0.187. The Balaban J connectivity index is 2.37. The summed E-state index contributed by atoms with van der Waals surface area (Å²) < 4.78 is 0. The van der Waals surface area contributed by atoms with Crippen molar-refractivity contribution in [1.82, 2.24) is 4.90 Å². The van der Waals surface area contributed by atoms with Crippen LogP contribution in [-0.4, -0.2) is 30.4 Å². The van der Waals surface area contributed by atoms with Crippen LogP contribution in [0.2, 0.25) is 0 Å². The molecule has 3 nitrogen and oxygen atoms in total. The van der Waals surface area contributed by atoms with Gasteiger partial charge in [-0.15, -0.1) is 0 Å². The van der Waals surface area contributed by atoms with Crippen LogP contribution in [0.4, 0.5) is 0 Å². The molecule has 2 unspecified atom stereocenters. The molecule has 0 radical (unpaired) electrons. The average Bonchev–Trinajstić information content (AvgIpc) is 2.64. The third kappa shape index (κ3) is 2.71. The van der Waals surface area contributed by atoms with Gasteiger partial charge in [-0.3, -0.25) is 4.79 Å². The second kappa shape index (κ2) is 5.35. The normalized spacial score (nSPS) is 23.9. The number of nitrogens with zero attached hydrogens (tertiary/aromatic N) is 1. The van der Waals surface area contributed by atoms with Crippen molar-refractivity contribution in [2.75, 3.05) is 19.6 Å². The Morgan fingerprint density at radius 2 is 2.36 bits per heavy atom. The first-order valence-corrected chi connectivity index (χ1v) is 5.67. The minimum Gasteiger partial charge on any atom is -0.342 e. The predicted octanol–water partition coefficient (Wildman–Crippen LogP) is 1.23. The zero-order valence-corrected chi connectivity index (χ0v) is 9.33. The summed E-state index contributed by atoms with van der Waals surface area (Å²) in [6.45, 7) is 6.69. The molecule has 1 fully saturated rings. The van der Waals surface area contributed by atoms with Crippen molar-refractivity contribution in [1.29, 1.82) is 0 Å². The Kier molecular flexibility index (Phi) is 4.39. The molecule has 0 aromatic rings. The lowest BCUT2D eigenvalue weighted by molar-refractivity contribution is -0.134. The van der Waals surface area contributed by atoms with Gasteiger partial charge in [-0.25, -0.2) is 0 Å². The number of hydrogen-bond acceptors (Lipinski definition) is 2. The lowest BCUT2D eigenvalue weighted by Crippen LogP contribution is -2.33. The highest BCUT2D eigenvalue weighted by molar-refractivity contribution is 5.78. The average molecular weight is 198 g/mol. The van der Waals surface area contributed by atoms with Gasteiger partial charge in [-0.2, -0.15) is 0 Å². The molecule has 0 aromatic heterocycles. The van der Waals surface area contributed by atoms with Crippen molar-refractivity contribution in [3.8, 4) is 0 Å². The van der Waals surface area contributed by atoms with E-state index in [1.165, 1.54) is 0 Å². The monoisotopic (exact) mass is 198 g/mol. The summed E-state index contributed by atoms with van der Waals surface area (Å²) in [4.78, 5) is 13.8. The number of likely N-dealkylation sites (tertiary alicyclic amines) is 1. The van der Waals surface area contributed by atoms with Crippen LogP contribution in [0.15, 0.2) is 0 Å². The zero-order chi connectivity index (χ0) is 10.6. The second-order valence-corrected chi connectivity index (χ2v) is 4.33. The van der Waals surface area contributed by atoms with E-state index >= 15 is 0 Å². The van der Waals surface area contributed by atoms with Gasteiger partial charge in [0.05, 0.1) is 0 Å². The van der Waals surface area contributed by atoms with Crippen LogP contribution in [0.1, 0.15) is 33.1 Å². The van der Waals surface area contributed by atoms with Gasteiger partial charge in [0.1, 0.15) is 0 Å². The summed E-state index contributed by atoms with van der Waals surface area (Å²) in [5.41, 5.74) is 5.51. The molecule has 2 N–H and O–H groups in total. The third-order valence-electron chi connectivity index (χ3n) is 3.21. The fraction of sp³-hybridized carbons (Fsp3) is 0.909. The molecule has 82 valence electrons. The first-order chi connectivity index (χ1) is 6.69. The molecule has 14 heavy (non-hydrogen) atoms. The minimum absolute atomic E-state index is 0.187. The van der Waals surface area contributed by atoms with E-state index in [-0.39, 0.29) is 5.92 Å². The number of rotatable bonds is 4. The maximum Gasteiger partial charge on any atom is 0.225 e. The van der Waals surface area contributed by atoms with Crippen molar-refractivity contribution >= 4 is 5.91 Å².